The molecule has 25 heavy (non-hydrogen) atoms. The number of ether oxygens (including phenoxy) is 1. The van der Waals surface area contributed by atoms with Crippen LogP contribution in [0.2, 0.25) is 0 Å². The number of hydrogen-bond acceptors (Lipinski definition) is 3. The van der Waals surface area contributed by atoms with Crippen molar-refractivity contribution in [2.24, 2.45) is 11.7 Å². The van der Waals surface area contributed by atoms with Crippen molar-refractivity contribution in [2.45, 2.75) is 26.3 Å². The molecule has 0 fully saturated rings. The number of carbonyl (C=O) groups is 2. The summed E-state index contributed by atoms with van der Waals surface area (Å²) in [5.74, 6) is 0.136. The zero-order valence-electron chi connectivity index (χ0n) is 14.6. The van der Waals surface area contributed by atoms with E-state index in [0.29, 0.717) is 17.2 Å². The third-order valence-electron chi connectivity index (χ3n) is 3.69. The van der Waals surface area contributed by atoms with E-state index < -0.39 is 5.91 Å². The fourth-order valence-corrected chi connectivity index (χ4v) is 2.56. The molecule has 2 aromatic carbocycles. The molecular weight excluding hydrogens is 316 g/mol. The van der Waals surface area contributed by atoms with Crippen LogP contribution in [-0.2, 0) is 4.79 Å². The molecule has 0 bridgehead atoms. The predicted molar refractivity (Wildman–Crippen MR) is 97.2 cm³/mol. The molecule has 0 radical (unpaired) electrons. The van der Waals surface area contributed by atoms with Crippen LogP contribution in [0.5, 0.6) is 5.75 Å². The third kappa shape index (κ3) is 5.95. The smallest absolute Gasteiger partial charge is 0.255 e. The van der Waals surface area contributed by atoms with Crippen LogP contribution in [0.15, 0.2) is 54.6 Å². The first-order valence-electron chi connectivity index (χ1n) is 8.32. The summed E-state index contributed by atoms with van der Waals surface area (Å²) in [4.78, 5) is 23.5. The second-order valence-electron chi connectivity index (χ2n) is 6.35. The van der Waals surface area contributed by atoms with Crippen molar-refractivity contribution in [3.8, 4) is 5.75 Å². The second kappa shape index (κ2) is 8.87. The summed E-state index contributed by atoms with van der Waals surface area (Å²) in [5, 5.41) is 3.09. The summed E-state index contributed by atoms with van der Waals surface area (Å²) in [5.41, 5.74) is 6.62. The second-order valence-corrected chi connectivity index (χ2v) is 6.35. The number of nitrogens with two attached hydrogens (primary N) is 1. The van der Waals surface area contributed by atoms with Gasteiger partial charge in [-0.05, 0) is 36.1 Å². The SMILES string of the molecule is CC(C)CC(NC(=O)c1cccc(OCC(N)=O)c1)c1ccccc1. The molecular formula is C20H24N2O3. The zero-order chi connectivity index (χ0) is 18.2. The molecule has 0 aromatic heterocycles. The van der Waals surface area contributed by atoms with Gasteiger partial charge in [0.25, 0.3) is 11.8 Å². The highest BCUT2D eigenvalue weighted by Gasteiger charge is 2.17. The van der Waals surface area contributed by atoms with E-state index in [2.05, 4.69) is 19.2 Å². The highest BCUT2D eigenvalue weighted by Crippen LogP contribution is 2.22. The summed E-state index contributed by atoms with van der Waals surface area (Å²) < 4.78 is 5.26. The van der Waals surface area contributed by atoms with Gasteiger partial charge in [0.15, 0.2) is 6.61 Å². The molecule has 0 spiro atoms. The van der Waals surface area contributed by atoms with Crippen molar-refractivity contribution >= 4 is 11.8 Å². The quantitative estimate of drug-likeness (QED) is 0.775. The minimum absolute atomic E-state index is 0.0658. The lowest BCUT2D eigenvalue weighted by molar-refractivity contribution is -0.119. The number of nitrogens with one attached hydrogen (secondary N) is 1. The first kappa shape index (κ1) is 18.5. The molecule has 0 aliphatic heterocycles. The number of benzene rings is 2. The maximum atomic E-state index is 12.6. The molecule has 2 aromatic rings. The molecule has 1 atom stereocenters. The monoisotopic (exact) mass is 340 g/mol. The predicted octanol–water partition coefficient (Wildman–Crippen LogP) is 3.07. The Hall–Kier alpha value is -2.82. The number of amides is 2. The fraction of sp³-hybridized carbons (Fsp3) is 0.300. The van der Waals surface area contributed by atoms with Gasteiger partial charge in [-0.25, -0.2) is 0 Å². The molecule has 0 aliphatic carbocycles. The normalized spacial score (nSPS) is 11.8. The average Bonchev–Trinajstić information content (AvgIpc) is 2.60. The Morgan fingerprint density at radius 2 is 1.80 bits per heavy atom. The Bertz CT molecular complexity index is 714. The van der Waals surface area contributed by atoms with E-state index in [1.165, 1.54) is 0 Å². The molecule has 5 nitrogen and oxygen atoms in total. The van der Waals surface area contributed by atoms with Gasteiger partial charge in [0.2, 0.25) is 0 Å². The van der Waals surface area contributed by atoms with Gasteiger partial charge in [0.1, 0.15) is 5.75 Å². The first-order chi connectivity index (χ1) is 12.0. The third-order valence-corrected chi connectivity index (χ3v) is 3.69. The van der Waals surface area contributed by atoms with Crippen LogP contribution in [0.3, 0.4) is 0 Å². The first-order valence-corrected chi connectivity index (χ1v) is 8.32. The summed E-state index contributed by atoms with van der Waals surface area (Å²) in [6, 6.07) is 16.6. The van der Waals surface area contributed by atoms with Crippen molar-refractivity contribution < 1.29 is 14.3 Å². The largest absolute Gasteiger partial charge is 0.484 e. The van der Waals surface area contributed by atoms with E-state index >= 15 is 0 Å². The number of primary amides is 1. The van der Waals surface area contributed by atoms with Crippen LogP contribution in [0, 0.1) is 5.92 Å². The van der Waals surface area contributed by atoms with Crippen molar-refractivity contribution in [1.82, 2.24) is 5.32 Å². The maximum absolute atomic E-state index is 12.6. The Balaban J connectivity index is 2.12. The number of hydrogen-bond donors (Lipinski definition) is 2. The summed E-state index contributed by atoms with van der Waals surface area (Å²) in [6.07, 6.45) is 0.841. The molecule has 2 rings (SSSR count). The van der Waals surface area contributed by atoms with E-state index in [-0.39, 0.29) is 18.6 Å². The summed E-state index contributed by atoms with van der Waals surface area (Å²) >= 11 is 0. The Labute approximate surface area is 148 Å². The van der Waals surface area contributed by atoms with Crippen LogP contribution >= 0.6 is 0 Å². The molecule has 3 N–H and O–H groups in total. The topological polar surface area (TPSA) is 81.4 Å². The summed E-state index contributed by atoms with van der Waals surface area (Å²) in [6.45, 7) is 4.03. The zero-order valence-corrected chi connectivity index (χ0v) is 14.6. The lowest BCUT2D eigenvalue weighted by Gasteiger charge is -2.21. The molecule has 0 saturated heterocycles. The highest BCUT2D eigenvalue weighted by molar-refractivity contribution is 5.94. The molecule has 0 heterocycles. The van der Waals surface area contributed by atoms with E-state index in [1.54, 1.807) is 24.3 Å². The molecule has 1 unspecified atom stereocenters. The van der Waals surface area contributed by atoms with Gasteiger partial charge in [-0.15, -0.1) is 0 Å². The van der Waals surface area contributed by atoms with E-state index in [9.17, 15) is 9.59 Å². The van der Waals surface area contributed by atoms with Crippen molar-refractivity contribution in [3.05, 3.63) is 65.7 Å². The number of rotatable bonds is 8. The average molecular weight is 340 g/mol. The lowest BCUT2D eigenvalue weighted by Crippen LogP contribution is -2.29. The molecule has 0 saturated carbocycles. The highest BCUT2D eigenvalue weighted by atomic mass is 16.5. The maximum Gasteiger partial charge on any atom is 0.255 e. The molecule has 2 amide bonds. The van der Waals surface area contributed by atoms with Gasteiger partial charge < -0.3 is 15.8 Å². The number of carbonyl (C=O) groups excluding carboxylic acids is 2. The van der Waals surface area contributed by atoms with Crippen LogP contribution in [0.4, 0.5) is 0 Å². The van der Waals surface area contributed by atoms with E-state index in [4.69, 9.17) is 10.5 Å². The van der Waals surface area contributed by atoms with Gasteiger partial charge in [0, 0.05) is 5.56 Å². The van der Waals surface area contributed by atoms with E-state index in [0.717, 1.165) is 12.0 Å². The van der Waals surface area contributed by atoms with Crippen molar-refractivity contribution in [3.63, 3.8) is 0 Å². The van der Waals surface area contributed by atoms with Gasteiger partial charge in [-0.3, -0.25) is 9.59 Å². The molecule has 5 heteroatoms. The fourth-order valence-electron chi connectivity index (χ4n) is 2.56. The Morgan fingerprint density at radius 1 is 1.08 bits per heavy atom. The standard InChI is InChI=1S/C20H24N2O3/c1-14(2)11-18(15-7-4-3-5-8-15)22-20(24)16-9-6-10-17(12-16)25-13-19(21)23/h3-10,12,14,18H,11,13H2,1-2H3,(H2,21,23)(H,22,24). The van der Waals surface area contributed by atoms with Gasteiger partial charge in [0.05, 0.1) is 6.04 Å². The van der Waals surface area contributed by atoms with Gasteiger partial charge >= 0.3 is 0 Å². The molecule has 132 valence electrons. The Morgan fingerprint density at radius 3 is 2.44 bits per heavy atom. The van der Waals surface area contributed by atoms with Crippen LogP contribution < -0.4 is 15.8 Å². The van der Waals surface area contributed by atoms with Crippen LogP contribution in [0.25, 0.3) is 0 Å². The van der Waals surface area contributed by atoms with Crippen molar-refractivity contribution in [1.29, 1.82) is 0 Å². The van der Waals surface area contributed by atoms with Crippen molar-refractivity contribution in [2.75, 3.05) is 6.61 Å². The van der Waals surface area contributed by atoms with Crippen LogP contribution in [0.1, 0.15) is 42.2 Å². The molecule has 0 aliphatic rings. The van der Waals surface area contributed by atoms with Gasteiger partial charge in [-0.1, -0.05) is 50.2 Å². The van der Waals surface area contributed by atoms with Crippen LogP contribution in [-0.4, -0.2) is 18.4 Å². The minimum Gasteiger partial charge on any atom is -0.484 e. The lowest BCUT2D eigenvalue weighted by atomic mass is 9.96. The van der Waals surface area contributed by atoms with Gasteiger partial charge in [-0.2, -0.15) is 0 Å². The summed E-state index contributed by atoms with van der Waals surface area (Å²) in [7, 11) is 0. The van der Waals surface area contributed by atoms with E-state index in [1.807, 2.05) is 30.3 Å². The minimum atomic E-state index is -0.559. The Kier molecular flexibility index (Phi) is 6.57.